The first-order valence-electron chi connectivity index (χ1n) is 9.54. The van der Waals surface area contributed by atoms with Gasteiger partial charge in [-0.2, -0.15) is 0 Å². The molecular weight excluding hydrogens is 352 g/mol. The molecule has 1 amide bonds. The number of amides is 1. The van der Waals surface area contributed by atoms with Gasteiger partial charge in [0.25, 0.3) is 0 Å². The largest absolute Gasteiger partial charge is 0.508 e. The smallest absolute Gasteiger partial charge is 0.241 e. The first kappa shape index (κ1) is 18.3. The van der Waals surface area contributed by atoms with Crippen LogP contribution in [0.1, 0.15) is 6.92 Å². The molecule has 6 nitrogen and oxygen atoms in total. The SMILES string of the molecule is CC(C(=O)Nc1cccc2ncccc12)N1CCN(c2ccc(O)cc2)CC1. The monoisotopic (exact) mass is 376 g/mol. The van der Waals surface area contributed by atoms with Crippen LogP contribution in [0.3, 0.4) is 0 Å². The highest BCUT2D eigenvalue weighted by atomic mass is 16.3. The topological polar surface area (TPSA) is 68.7 Å². The molecule has 2 heterocycles. The summed E-state index contributed by atoms with van der Waals surface area (Å²) in [5.74, 6) is 0.269. The predicted octanol–water partition coefficient (Wildman–Crippen LogP) is 3.09. The Bertz CT molecular complexity index is 960. The average Bonchev–Trinajstić information content (AvgIpc) is 2.74. The fourth-order valence-corrected chi connectivity index (χ4v) is 3.65. The lowest BCUT2D eigenvalue weighted by molar-refractivity contribution is -0.120. The van der Waals surface area contributed by atoms with Gasteiger partial charge in [0.1, 0.15) is 5.75 Å². The molecule has 3 aromatic rings. The Morgan fingerprint density at radius 2 is 1.79 bits per heavy atom. The molecular formula is C22H24N4O2. The summed E-state index contributed by atoms with van der Waals surface area (Å²) in [6.45, 7) is 5.27. The van der Waals surface area contributed by atoms with E-state index in [9.17, 15) is 9.90 Å². The summed E-state index contributed by atoms with van der Waals surface area (Å²) in [7, 11) is 0. The minimum absolute atomic E-state index is 0.00515. The molecule has 1 fully saturated rings. The van der Waals surface area contributed by atoms with Gasteiger partial charge in [0.15, 0.2) is 0 Å². The summed E-state index contributed by atoms with van der Waals surface area (Å²) < 4.78 is 0. The van der Waals surface area contributed by atoms with E-state index in [4.69, 9.17) is 0 Å². The molecule has 1 unspecified atom stereocenters. The normalized spacial score (nSPS) is 16.1. The maximum atomic E-state index is 12.8. The van der Waals surface area contributed by atoms with Gasteiger partial charge >= 0.3 is 0 Å². The lowest BCUT2D eigenvalue weighted by Crippen LogP contribution is -2.52. The molecule has 28 heavy (non-hydrogen) atoms. The van der Waals surface area contributed by atoms with E-state index in [-0.39, 0.29) is 17.7 Å². The van der Waals surface area contributed by atoms with Crippen LogP contribution in [0.15, 0.2) is 60.8 Å². The van der Waals surface area contributed by atoms with Crippen molar-refractivity contribution < 1.29 is 9.90 Å². The van der Waals surface area contributed by atoms with Crippen molar-refractivity contribution in [3.63, 3.8) is 0 Å². The van der Waals surface area contributed by atoms with Gasteiger partial charge in [-0.05, 0) is 55.5 Å². The van der Waals surface area contributed by atoms with Gasteiger partial charge in [0.2, 0.25) is 5.91 Å². The highest BCUT2D eigenvalue weighted by molar-refractivity contribution is 6.02. The third-order valence-electron chi connectivity index (χ3n) is 5.36. The number of anilines is 2. The molecule has 0 bridgehead atoms. The molecule has 2 N–H and O–H groups in total. The first-order chi connectivity index (χ1) is 13.6. The number of hydrogen-bond acceptors (Lipinski definition) is 5. The Morgan fingerprint density at radius 1 is 1.04 bits per heavy atom. The van der Waals surface area contributed by atoms with Gasteiger partial charge in [0.05, 0.1) is 17.2 Å². The molecule has 1 atom stereocenters. The van der Waals surface area contributed by atoms with Crippen molar-refractivity contribution in [3.8, 4) is 5.75 Å². The van der Waals surface area contributed by atoms with Crippen LogP contribution < -0.4 is 10.2 Å². The van der Waals surface area contributed by atoms with Gasteiger partial charge in [-0.25, -0.2) is 0 Å². The van der Waals surface area contributed by atoms with Gasteiger partial charge in [-0.15, -0.1) is 0 Å². The van der Waals surface area contributed by atoms with Gasteiger partial charge in [-0.1, -0.05) is 6.07 Å². The lowest BCUT2D eigenvalue weighted by Gasteiger charge is -2.38. The van der Waals surface area contributed by atoms with E-state index in [1.54, 1.807) is 18.3 Å². The number of nitrogens with zero attached hydrogens (tertiary/aromatic N) is 3. The van der Waals surface area contributed by atoms with Crippen molar-refractivity contribution in [2.75, 3.05) is 36.4 Å². The minimum Gasteiger partial charge on any atom is -0.508 e. The first-order valence-corrected chi connectivity index (χ1v) is 9.54. The number of piperazine rings is 1. The molecule has 0 aliphatic carbocycles. The van der Waals surface area contributed by atoms with E-state index in [0.717, 1.165) is 48.5 Å². The zero-order valence-electron chi connectivity index (χ0n) is 15.9. The maximum absolute atomic E-state index is 12.8. The van der Waals surface area contributed by atoms with Crippen molar-refractivity contribution in [3.05, 3.63) is 60.8 Å². The van der Waals surface area contributed by atoms with Crippen molar-refractivity contribution in [1.82, 2.24) is 9.88 Å². The number of phenolic OH excluding ortho intramolecular Hbond substituents is 1. The molecule has 1 aliphatic rings. The molecule has 4 rings (SSSR count). The summed E-state index contributed by atoms with van der Waals surface area (Å²) in [6, 6.07) is 16.7. The molecule has 1 aromatic heterocycles. The summed E-state index contributed by atoms with van der Waals surface area (Å²) >= 11 is 0. The van der Waals surface area contributed by atoms with Crippen LogP contribution in [0.5, 0.6) is 5.75 Å². The highest BCUT2D eigenvalue weighted by Gasteiger charge is 2.26. The third kappa shape index (κ3) is 3.77. The van der Waals surface area contributed by atoms with Crippen LogP contribution in [-0.4, -0.2) is 53.1 Å². The number of carbonyl (C=O) groups is 1. The number of rotatable bonds is 4. The molecule has 0 saturated carbocycles. The number of aromatic nitrogens is 1. The van der Waals surface area contributed by atoms with Gasteiger partial charge in [-0.3, -0.25) is 14.7 Å². The van der Waals surface area contributed by atoms with E-state index in [0.29, 0.717) is 0 Å². The Balaban J connectivity index is 1.39. The van der Waals surface area contributed by atoms with Crippen LogP contribution in [0, 0.1) is 0 Å². The molecule has 6 heteroatoms. The Labute approximate surface area is 164 Å². The van der Waals surface area contributed by atoms with Gasteiger partial charge < -0.3 is 15.3 Å². The number of carbonyl (C=O) groups excluding carboxylic acids is 1. The molecule has 0 radical (unpaired) electrons. The fourth-order valence-electron chi connectivity index (χ4n) is 3.65. The number of nitrogens with one attached hydrogen (secondary N) is 1. The molecule has 2 aromatic carbocycles. The third-order valence-corrected chi connectivity index (χ3v) is 5.36. The zero-order chi connectivity index (χ0) is 19.5. The van der Waals surface area contributed by atoms with Crippen LogP contribution in [0.2, 0.25) is 0 Å². The lowest BCUT2D eigenvalue weighted by atomic mass is 10.1. The van der Waals surface area contributed by atoms with Crippen LogP contribution in [-0.2, 0) is 4.79 Å². The number of pyridine rings is 1. The number of benzene rings is 2. The Hall–Kier alpha value is -3.12. The van der Waals surface area contributed by atoms with E-state index >= 15 is 0 Å². The molecule has 1 saturated heterocycles. The Morgan fingerprint density at radius 3 is 2.54 bits per heavy atom. The minimum atomic E-state index is -0.214. The van der Waals surface area contributed by atoms with E-state index in [2.05, 4.69) is 20.1 Å². The maximum Gasteiger partial charge on any atom is 0.241 e. The quantitative estimate of drug-likeness (QED) is 0.732. The van der Waals surface area contributed by atoms with Crippen LogP contribution in [0.4, 0.5) is 11.4 Å². The van der Waals surface area contributed by atoms with Gasteiger partial charge in [0, 0.05) is 43.4 Å². The Kier molecular flexibility index (Phi) is 5.12. The molecule has 144 valence electrons. The number of fused-ring (bicyclic) bond motifs is 1. The number of aromatic hydroxyl groups is 1. The highest BCUT2D eigenvalue weighted by Crippen LogP contribution is 2.23. The van der Waals surface area contributed by atoms with Crippen molar-refractivity contribution in [2.45, 2.75) is 13.0 Å². The second kappa shape index (κ2) is 7.86. The fraction of sp³-hybridized carbons (Fsp3) is 0.273. The standard InChI is InChI=1S/C22H24N4O2/c1-16(22(28)24-21-6-2-5-20-19(21)4-3-11-23-20)25-12-14-26(15-13-25)17-7-9-18(27)10-8-17/h2-11,16,27H,12-15H2,1H3,(H,24,28). The van der Waals surface area contributed by atoms with Crippen molar-refractivity contribution in [2.24, 2.45) is 0 Å². The summed E-state index contributed by atoms with van der Waals surface area (Å²) in [5.41, 5.74) is 2.76. The van der Waals surface area contributed by atoms with Crippen molar-refractivity contribution >= 4 is 28.2 Å². The van der Waals surface area contributed by atoms with E-state index in [1.165, 1.54) is 0 Å². The number of hydrogen-bond donors (Lipinski definition) is 2. The number of phenols is 1. The second-order valence-corrected chi connectivity index (χ2v) is 7.08. The van der Waals surface area contributed by atoms with Crippen LogP contribution >= 0.6 is 0 Å². The second-order valence-electron chi connectivity index (χ2n) is 7.08. The zero-order valence-corrected chi connectivity index (χ0v) is 15.9. The average molecular weight is 376 g/mol. The summed E-state index contributed by atoms with van der Waals surface area (Å²) in [6.07, 6.45) is 1.75. The van der Waals surface area contributed by atoms with Crippen molar-refractivity contribution in [1.29, 1.82) is 0 Å². The van der Waals surface area contributed by atoms with Crippen LogP contribution in [0.25, 0.3) is 10.9 Å². The summed E-state index contributed by atoms with van der Waals surface area (Å²) in [5, 5.41) is 13.5. The molecule has 0 spiro atoms. The summed E-state index contributed by atoms with van der Waals surface area (Å²) in [4.78, 5) is 21.7. The van der Waals surface area contributed by atoms with E-state index in [1.807, 2.05) is 49.4 Å². The predicted molar refractivity (Wildman–Crippen MR) is 112 cm³/mol. The molecule has 1 aliphatic heterocycles. The van der Waals surface area contributed by atoms with E-state index < -0.39 is 0 Å².